The van der Waals surface area contributed by atoms with Gasteiger partial charge in [0.1, 0.15) is 0 Å². The van der Waals surface area contributed by atoms with Crippen molar-refractivity contribution in [1.29, 1.82) is 0 Å². The minimum atomic E-state index is 0.745. The van der Waals surface area contributed by atoms with Crippen LogP contribution < -0.4 is 5.32 Å². The summed E-state index contributed by atoms with van der Waals surface area (Å²) in [7, 11) is 0. The van der Waals surface area contributed by atoms with Gasteiger partial charge >= 0.3 is 0 Å². The number of hydrogen-bond acceptors (Lipinski definition) is 1. The van der Waals surface area contributed by atoms with Crippen LogP contribution in [0.5, 0.6) is 0 Å². The first-order valence-electron chi connectivity index (χ1n) is 7.63. The topological polar surface area (TPSA) is 12.0 Å². The summed E-state index contributed by atoms with van der Waals surface area (Å²) >= 11 is 0. The van der Waals surface area contributed by atoms with Gasteiger partial charge in [0.15, 0.2) is 0 Å². The minimum Gasteiger partial charge on any atom is -0.313 e. The second-order valence-corrected chi connectivity index (χ2v) is 6.19. The smallest absolute Gasteiger partial charge is 0.00684 e. The van der Waals surface area contributed by atoms with Gasteiger partial charge in [-0.3, -0.25) is 0 Å². The second-order valence-electron chi connectivity index (χ2n) is 6.19. The molecule has 0 heterocycles. The quantitative estimate of drug-likeness (QED) is 0.823. The molecular weight excluding hydrogens is 218 g/mol. The predicted molar refractivity (Wildman–Crippen MR) is 76.9 cm³/mol. The largest absolute Gasteiger partial charge is 0.313 e. The van der Waals surface area contributed by atoms with Crippen LogP contribution in [0.4, 0.5) is 0 Å². The van der Waals surface area contributed by atoms with E-state index < -0.39 is 0 Å². The van der Waals surface area contributed by atoms with E-state index in [0.717, 1.165) is 17.9 Å². The lowest BCUT2D eigenvalue weighted by Gasteiger charge is -2.26. The Kier molecular flexibility index (Phi) is 3.69. The molecule has 0 amide bonds. The van der Waals surface area contributed by atoms with E-state index in [1.54, 1.807) is 5.56 Å². The molecule has 0 saturated heterocycles. The fourth-order valence-electron chi connectivity index (χ4n) is 3.47. The molecule has 1 atom stereocenters. The molecule has 2 saturated carbocycles. The third-order valence-electron chi connectivity index (χ3n) is 4.76. The molecule has 2 aliphatic carbocycles. The molecule has 18 heavy (non-hydrogen) atoms. The summed E-state index contributed by atoms with van der Waals surface area (Å²) in [5.41, 5.74) is 3.07. The Morgan fingerprint density at radius 3 is 2.50 bits per heavy atom. The molecule has 2 fully saturated rings. The van der Waals surface area contributed by atoms with Crippen LogP contribution >= 0.6 is 0 Å². The van der Waals surface area contributed by atoms with Gasteiger partial charge in [0.2, 0.25) is 0 Å². The average molecular weight is 243 g/mol. The monoisotopic (exact) mass is 243 g/mol. The fourth-order valence-corrected chi connectivity index (χ4v) is 3.47. The van der Waals surface area contributed by atoms with Crippen LogP contribution in [0, 0.1) is 12.8 Å². The van der Waals surface area contributed by atoms with Crippen molar-refractivity contribution in [3.8, 4) is 0 Å². The van der Waals surface area contributed by atoms with E-state index >= 15 is 0 Å². The van der Waals surface area contributed by atoms with Crippen molar-refractivity contribution < 1.29 is 0 Å². The van der Waals surface area contributed by atoms with Gasteiger partial charge in [-0.1, -0.05) is 37.1 Å². The maximum Gasteiger partial charge on any atom is 0.00684 e. The summed E-state index contributed by atoms with van der Waals surface area (Å²) in [4.78, 5) is 0. The summed E-state index contributed by atoms with van der Waals surface area (Å²) in [6.45, 7) is 3.47. The number of aryl methyl sites for hydroxylation is 1. The molecule has 2 aliphatic rings. The Bertz CT molecular complexity index is 388. The van der Waals surface area contributed by atoms with Crippen molar-refractivity contribution in [1.82, 2.24) is 5.32 Å². The van der Waals surface area contributed by atoms with Gasteiger partial charge in [0, 0.05) is 12.6 Å². The van der Waals surface area contributed by atoms with E-state index in [1.165, 1.54) is 50.6 Å². The van der Waals surface area contributed by atoms with Crippen molar-refractivity contribution in [2.24, 2.45) is 5.92 Å². The number of hydrogen-bond donors (Lipinski definition) is 1. The molecule has 1 aromatic rings. The van der Waals surface area contributed by atoms with Crippen molar-refractivity contribution in [2.45, 2.75) is 57.4 Å². The molecule has 1 aromatic carbocycles. The van der Waals surface area contributed by atoms with E-state index in [1.807, 2.05) is 0 Å². The van der Waals surface area contributed by atoms with Gasteiger partial charge < -0.3 is 5.32 Å². The molecular formula is C17H25N. The standard InChI is InChI=1S/C17H25N/c1-13-6-2-5-9-16(13)17(12-18-15-10-11-15)14-7-3-4-8-14/h2,5-6,9,14-15,17-18H,3-4,7-8,10-12H2,1H3. The lowest BCUT2D eigenvalue weighted by molar-refractivity contribution is 0.409. The fraction of sp³-hybridized carbons (Fsp3) is 0.647. The Balaban J connectivity index is 1.76. The minimum absolute atomic E-state index is 0.745. The molecule has 1 nitrogen and oxygen atoms in total. The summed E-state index contributed by atoms with van der Waals surface area (Å²) in [5.74, 6) is 1.66. The third kappa shape index (κ3) is 2.77. The molecule has 98 valence electrons. The lowest BCUT2D eigenvalue weighted by atomic mass is 9.83. The first-order chi connectivity index (χ1) is 8.84. The highest BCUT2D eigenvalue weighted by Gasteiger charge is 2.29. The highest BCUT2D eigenvalue weighted by Crippen LogP contribution is 2.38. The number of rotatable bonds is 5. The third-order valence-corrected chi connectivity index (χ3v) is 4.76. The van der Waals surface area contributed by atoms with Crippen LogP contribution in [0.3, 0.4) is 0 Å². The van der Waals surface area contributed by atoms with Gasteiger partial charge in [-0.05, 0) is 55.6 Å². The van der Waals surface area contributed by atoms with Gasteiger partial charge in [0.25, 0.3) is 0 Å². The zero-order chi connectivity index (χ0) is 12.4. The first kappa shape index (κ1) is 12.2. The lowest BCUT2D eigenvalue weighted by Crippen LogP contribution is -2.27. The van der Waals surface area contributed by atoms with Crippen LogP contribution in [-0.4, -0.2) is 12.6 Å². The van der Waals surface area contributed by atoms with Crippen LogP contribution in [0.25, 0.3) is 0 Å². The van der Waals surface area contributed by atoms with Crippen LogP contribution in [0.1, 0.15) is 55.6 Å². The van der Waals surface area contributed by atoms with E-state index in [9.17, 15) is 0 Å². The van der Waals surface area contributed by atoms with Crippen molar-refractivity contribution in [2.75, 3.05) is 6.54 Å². The van der Waals surface area contributed by atoms with Gasteiger partial charge in [0.05, 0.1) is 0 Å². The molecule has 3 rings (SSSR count). The SMILES string of the molecule is Cc1ccccc1C(CNC1CC1)C1CCCC1. The van der Waals surface area contributed by atoms with Gasteiger partial charge in [-0.2, -0.15) is 0 Å². The molecule has 1 unspecified atom stereocenters. The predicted octanol–water partition coefficient (Wildman–Crippen LogP) is 4.02. The van der Waals surface area contributed by atoms with Crippen LogP contribution in [0.15, 0.2) is 24.3 Å². The summed E-state index contributed by atoms with van der Waals surface area (Å²) in [6.07, 6.45) is 8.54. The molecule has 1 N–H and O–H groups in total. The maximum absolute atomic E-state index is 3.76. The summed E-state index contributed by atoms with van der Waals surface area (Å²) in [5, 5.41) is 3.76. The molecule has 0 spiro atoms. The second kappa shape index (κ2) is 5.44. The summed E-state index contributed by atoms with van der Waals surface area (Å²) in [6, 6.07) is 9.83. The van der Waals surface area contributed by atoms with Crippen molar-refractivity contribution in [3.05, 3.63) is 35.4 Å². The highest BCUT2D eigenvalue weighted by molar-refractivity contribution is 5.30. The van der Waals surface area contributed by atoms with Gasteiger partial charge in [-0.15, -0.1) is 0 Å². The van der Waals surface area contributed by atoms with Gasteiger partial charge in [-0.25, -0.2) is 0 Å². The molecule has 0 bridgehead atoms. The van der Waals surface area contributed by atoms with Crippen LogP contribution in [-0.2, 0) is 0 Å². The van der Waals surface area contributed by atoms with E-state index in [-0.39, 0.29) is 0 Å². The number of benzene rings is 1. The first-order valence-corrected chi connectivity index (χ1v) is 7.63. The molecule has 1 heteroatoms. The zero-order valence-corrected chi connectivity index (χ0v) is 11.5. The maximum atomic E-state index is 3.76. The molecule has 0 aromatic heterocycles. The van der Waals surface area contributed by atoms with Crippen LogP contribution in [0.2, 0.25) is 0 Å². The van der Waals surface area contributed by atoms with E-state index in [2.05, 4.69) is 36.5 Å². The normalized spacial score (nSPS) is 22.3. The average Bonchev–Trinajstić information content (AvgIpc) is 3.05. The Morgan fingerprint density at radius 2 is 1.83 bits per heavy atom. The Labute approximate surface area is 111 Å². The Morgan fingerprint density at radius 1 is 1.11 bits per heavy atom. The highest BCUT2D eigenvalue weighted by atomic mass is 14.9. The molecule has 0 aliphatic heterocycles. The molecule has 0 radical (unpaired) electrons. The van der Waals surface area contributed by atoms with Crippen molar-refractivity contribution >= 4 is 0 Å². The van der Waals surface area contributed by atoms with Crippen molar-refractivity contribution in [3.63, 3.8) is 0 Å². The van der Waals surface area contributed by atoms with E-state index in [0.29, 0.717) is 0 Å². The Hall–Kier alpha value is -0.820. The summed E-state index contributed by atoms with van der Waals surface area (Å²) < 4.78 is 0. The van der Waals surface area contributed by atoms with E-state index in [4.69, 9.17) is 0 Å². The number of nitrogens with one attached hydrogen (secondary N) is 1. The zero-order valence-electron chi connectivity index (χ0n) is 11.5.